The fraction of sp³-hybridized carbons (Fsp3) is 0.562. The van der Waals surface area contributed by atoms with Gasteiger partial charge in [0.2, 0.25) is 5.96 Å². The number of esters is 1. The third-order valence-electron chi connectivity index (χ3n) is 4.93. The molecule has 2 aliphatic carbocycles. The van der Waals surface area contributed by atoms with Crippen molar-refractivity contribution >= 4 is 17.6 Å². The Morgan fingerprint density at radius 1 is 1.41 bits per heavy atom. The Kier molecular flexibility index (Phi) is 4.68. The van der Waals surface area contributed by atoms with Gasteiger partial charge in [0.25, 0.3) is 0 Å². The van der Waals surface area contributed by atoms with Crippen LogP contribution in [0.15, 0.2) is 33.5 Å². The van der Waals surface area contributed by atoms with Crippen LogP contribution in [-0.4, -0.2) is 24.8 Å². The fourth-order valence-electron chi connectivity index (χ4n) is 3.63. The molecule has 4 N–H and O–H groups in total. The predicted molar refractivity (Wildman–Crippen MR) is 87.2 cm³/mol. The zero-order valence-electron chi connectivity index (χ0n) is 13.4. The minimum Gasteiger partial charge on any atom is -0.466 e. The number of nitrogens with two attached hydrogens (primary N) is 2. The van der Waals surface area contributed by atoms with Gasteiger partial charge in [-0.2, -0.15) is 5.10 Å². The van der Waals surface area contributed by atoms with E-state index in [-0.39, 0.29) is 17.3 Å². The number of carbonyl (C=O) groups is 1. The minimum absolute atomic E-state index is 0.0241. The molecule has 0 heterocycles. The second-order valence-corrected chi connectivity index (χ2v) is 6.12. The van der Waals surface area contributed by atoms with Crippen LogP contribution in [0.25, 0.3) is 0 Å². The highest BCUT2D eigenvalue weighted by Crippen LogP contribution is 2.54. The molecule has 6 heteroatoms. The molecule has 1 fully saturated rings. The summed E-state index contributed by atoms with van der Waals surface area (Å²) in [5.74, 6) is 0.0219. The Hall–Kier alpha value is -2.11. The molecule has 0 aliphatic heterocycles. The summed E-state index contributed by atoms with van der Waals surface area (Å²) in [5, 5.41) is 7.95. The van der Waals surface area contributed by atoms with Gasteiger partial charge in [0.05, 0.1) is 12.8 Å². The Bertz CT molecular complexity index is 585. The SMILES string of the molecule is COC(=O)/C=C/[C@H]1CCC2=C(C)/C(=N\N=C(N)N)CC[C@@]21C. The van der Waals surface area contributed by atoms with E-state index in [9.17, 15) is 4.79 Å². The average Bonchev–Trinajstić information content (AvgIpc) is 2.81. The molecule has 0 aromatic heterocycles. The summed E-state index contributed by atoms with van der Waals surface area (Å²) in [4.78, 5) is 11.3. The number of carbonyl (C=O) groups excluding carboxylic acids is 1. The van der Waals surface area contributed by atoms with E-state index in [1.807, 2.05) is 6.08 Å². The van der Waals surface area contributed by atoms with Crippen LogP contribution in [0.3, 0.4) is 0 Å². The molecule has 2 atom stereocenters. The van der Waals surface area contributed by atoms with Gasteiger partial charge < -0.3 is 16.2 Å². The van der Waals surface area contributed by atoms with Gasteiger partial charge in [0.15, 0.2) is 0 Å². The van der Waals surface area contributed by atoms with E-state index in [1.54, 1.807) is 0 Å². The molecule has 0 unspecified atom stereocenters. The van der Waals surface area contributed by atoms with Gasteiger partial charge >= 0.3 is 5.97 Å². The van der Waals surface area contributed by atoms with E-state index in [2.05, 4.69) is 28.8 Å². The smallest absolute Gasteiger partial charge is 0.330 e. The highest BCUT2D eigenvalue weighted by molar-refractivity contribution is 6.01. The van der Waals surface area contributed by atoms with Crippen molar-refractivity contribution in [2.75, 3.05) is 7.11 Å². The number of nitrogens with zero attached hydrogens (tertiary/aromatic N) is 2. The number of guanidine groups is 1. The molecule has 120 valence electrons. The molecule has 0 aromatic carbocycles. The van der Waals surface area contributed by atoms with Crippen molar-refractivity contribution in [3.05, 3.63) is 23.3 Å². The molecule has 0 radical (unpaired) electrons. The van der Waals surface area contributed by atoms with E-state index in [1.165, 1.54) is 24.3 Å². The first-order valence-corrected chi connectivity index (χ1v) is 7.50. The maximum atomic E-state index is 11.3. The van der Waals surface area contributed by atoms with Gasteiger partial charge in [0.1, 0.15) is 0 Å². The van der Waals surface area contributed by atoms with Crippen molar-refractivity contribution < 1.29 is 9.53 Å². The summed E-state index contributed by atoms with van der Waals surface area (Å²) in [6, 6.07) is 0. The third-order valence-corrected chi connectivity index (χ3v) is 4.93. The summed E-state index contributed by atoms with van der Waals surface area (Å²) in [6.07, 6.45) is 7.40. The molecule has 1 saturated carbocycles. The van der Waals surface area contributed by atoms with Gasteiger partial charge in [0, 0.05) is 6.08 Å². The lowest BCUT2D eigenvalue weighted by Gasteiger charge is -2.36. The Morgan fingerprint density at radius 3 is 2.77 bits per heavy atom. The van der Waals surface area contributed by atoms with Crippen molar-refractivity contribution in [1.29, 1.82) is 0 Å². The number of hydrogen-bond acceptors (Lipinski definition) is 4. The molecule has 2 rings (SSSR count). The molecule has 0 spiro atoms. The molecule has 2 aliphatic rings. The van der Waals surface area contributed by atoms with Crippen LogP contribution in [-0.2, 0) is 9.53 Å². The van der Waals surface area contributed by atoms with E-state index in [0.717, 1.165) is 31.4 Å². The summed E-state index contributed by atoms with van der Waals surface area (Å²) in [5.41, 5.74) is 14.3. The normalized spacial score (nSPS) is 29.8. The molecule has 0 saturated heterocycles. The number of hydrogen-bond donors (Lipinski definition) is 2. The standard InChI is InChI=1S/C16H24N4O2/c1-10-12-6-4-11(5-7-14(21)22-3)16(12,2)9-8-13(10)19-20-15(17)18/h5,7,11H,4,6,8-9H2,1-3H3,(H4,17,18,20)/b7-5+,19-13-/t11-,16-/m1/s1. The zero-order valence-corrected chi connectivity index (χ0v) is 13.4. The lowest BCUT2D eigenvalue weighted by atomic mass is 9.68. The Balaban J connectivity index is 2.28. The fourth-order valence-corrected chi connectivity index (χ4v) is 3.63. The minimum atomic E-state index is -0.302. The predicted octanol–water partition coefficient (Wildman–Crippen LogP) is 1.87. The molecular weight excluding hydrogens is 280 g/mol. The first-order valence-electron chi connectivity index (χ1n) is 7.50. The third kappa shape index (κ3) is 3.05. The average molecular weight is 304 g/mol. The maximum absolute atomic E-state index is 11.3. The lowest BCUT2D eigenvalue weighted by molar-refractivity contribution is -0.134. The largest absolute Gasteiger partial charge is 0.466 e. The first kappa shape index (κ1) is 16.3. The molecular formula is C16H24N4O2. The second kappa shape index (κ2) is 6.34. The van der Waals surface area contributed by atoms with Gasteiger partial charge in [-0.15, -0.1) is 5.10 Å². The number of allylic oxidation sites excluding steroid dienone is 3. The monoisotopic (exact) mass is 304 g/mol. The van der Waals surface area contributed by atoms with E-state index < -0.39 is 0 Å². The number of methoxy groups -OCH3 is 1. The Morgan fingerprint density at radius 2 is 2.14 bits per heavy atom. The maximum Gasteiger partial charge on any atom is 0.330 e. The summed E-state index contributed by atoms with van der Waals surface area (Å²) >= 11 is 0. The van der Waals surface area contributed by atoms with Crippen LogP contribution in [0, 0.1) is 11.3 Å². The van der Waals surface area contributed by atoms with E-state index >= 15 is 0 Å². The molecule has 22 heavy (non-hydrogen) atoms. The molecule has 0 aromatic rings. The molecule has 0 bridgehead atoms. The van der Waals surface area contributed by atoms with Crippen molar-refractivity contribution in [1.82, 2.24) is 0 Å². The van der Waals surface area contributed by atoms with E-state index in [4.69, 9.17) is 11.5 Å². The summed E-state index contributed by atoms with van der Waals surface area (Å²) < 4.78 is 4.68. The van der Waals surface area contributed by atoms with Crippen molar-refractivity contribution in [3.8, 4) is 0 Å². The number of ether oxygens (including phenoxy) is 1. The molecule has 0 amide bonds. The number of fused-ring (bicyclic) bond motifs is 1. The van der Waals surface area contributed by atoms with Crippen LogP contribution >= 0.6 is 0 Å². The van der Waals surface area contributed by atoms with Crippen molar-refractivity contribution in [3.63, 3.8) is 0 Å². The van der Waals surface area contributed by atoms with Crippen LogP contribution in [0.1, 0.15) is 39.5 Å². The van der Waals surface area contributed by atoms with Crippen LogP contribution in [0.2, 0.25) is 0 Å². The molecule has 6 nitrogen and oxygen atoms in total. The van der Waals surface area contributed by atoms with Gasteiger partial charge in [-0.25, -0.2) is 4.79 Å². The zero-order chi connectivity index (χ0) is 16.3. The second-order valence-electron chi connectivity index (χ2n) is 6.12. The topological polar surface area (TPSA) is 103 Å². The first-order chi connectivity index (χ1) is 10.4. The van der Waals surface area contributed by atoms with E-state index in [0.29, 0.717) is 5.92 Å². The van der Waals surface area contributed by atoms with Gasteiger partial charge in [-0.05, 0) is 49.5 Å². The quantitative estimate of drug-likeness (QED) is 0.273. The van der Waals surface area contributed by atoms with Crippen LogP contribution in [0.5, 0.6) is 0 Å². The lowest BCUT2D eigenvalue weighted by Crippen LogP contribution is -2.29. The highest BCUT2D eigenvalue weighted by atomic mass is 16.5. The Labute approximate surface area is 131 Å². The highest BCUT2D eigenvalue weighted by Gasteiger charge is 2.44. The summed E-state index contributed by atoms with van der Waals surface area (Å²) in [7, 11) is 1.39. The van der Waals surface area contributed by atoms with Crippen LogP contribution in [0.4, 0.5) is 0 Å². The van der Waals surface area contributed by atoms with Crippen molar-refractivity contribution in [2.45, 2.75) is 39.5 Å². The number of rotatable bonds is 3. The van der Waals surface area contributed by atoms with Gasteiger partial charge in [-0.1, -0.05) is 18.6 Å². The van der Waals surface area contributed by atoms with Crippen molar-refractivity contribution in [2.24, 2.45) is 33.0 Å². The summed E-state index contributed by atoms with van der Waals surface area (Å²) in [6.45, 7) is 4.35. The van der Waals surface area contributed by atoms with Gasteiger partial charge in [-0.3, -0.25) is 0 Å². The van der Waals surface area contributed by atoms with Crippen LogP contribution < -0.4 is 11.5 Å².